The molecular formula is C13H18ClNO4S. The summed E-state index contributed by atoms with van der Waals surface area (Å²) in [7, 11) is -3.55. The van der Waals surface area contributed by atoms with Crippen molar-refractivity contribution in [3.8, 4) is 0 Å². The molecule has 7 heteroatoms. The molecule has 0 spiro atoms. The number of halogens is 1. The predicted octanol–water partition coefficient (Wildman–Crippen LogP) is 2.08. The van der Waals surface area contributed by atoms with E-state index in [1.165, 1.54) is 12.1 Å². The van der Waals surface area contributed by atoms with Gasteiger partial charge in [-0.1, -0.05) is 17.7 Å². The first-order valence-corrected chi connectivity index (χ1v) is 8.34. The third kappa shape index (κ3) is 4.17. The highest BCUT2D eigenvalue weighted by atomic mass is 35.5. The second kappa shape index (κ2) is 6.87. The van der Waals surface area contributed by atoms with Crippen molar-refractivity contribution in [2.75, 3.05) is 19.8 Å². The van der Waals surface area contributed by atoms with Gasteiger partial charge >= 0.3 is 0 Å². The van der Waals surface area contributed by atoms with E-state index in [2.05, 4.69) is 4.72 Å². The Morgan fingerprint density at radius 3 is 2.70 bits per heavy atom. The molecule has 1 N–H and O–H groups in total. The first kappa shape index (κ1) is 15.7. The summed E-state index contributed by atoms with van der Waals surface area (Å²) in [6.07, 6.45) is 1.04. The Bertz CT molecular complexity index is 555. The molecule has 5 nitrogen and oxygen atoms in total. The third-order valence-electron chi connectivity index (χ3n) is 3.02. The Labute approximate surface area is 124 Å². The molecule has 2 rings (SSSR count). The number of rotatable bonds is 5. The van der Waals surface area contributed by atoms with Crippen LogP contribution in [0.1, 0.15) is 18.4 Å². The SMILES string of the molecule is Cc1ccc(S(=O)(=O)NCCC2OCCCO2)cc1Cl. The summed E-state index contributed by atoms with van der Waals surface area (Å²) in [5.41, 5.74) is 0.842. The molecule has 0 amide bonds. The van der Waals surface area contributed by atoms with E-state index in [0.717, 1.165) is 12.0 Å². The number of ether oxygens (including phenoxy) is 2. The average Bonchev–Trinajstić information content (AvgIpc) is 2.43. The normalized spacial score (nSPS) is 17.3. The van der Waals surface area contributed by atoms with Gasteiger partial charge < -0.3 is 9.47 Å². The van der Waals surface area contributed by atoms with Crippen LogP contribution in [0, 0.1) is 6.92 Å². The highest BCUT2D eigenvalue weighted by Crippen LogP contribution is 2.19. The van der Waals surface area contributed by atoms with Crippen molar-refractivity contribution < 1.29 is 17.9 Å². The molecule has 1 aromatic rings. The second-order valence-electron chi connectivity index (χ2n) is 4.62. The van der Waals surface area contributed by atoms with Crippen LogP contribution in [0.25, 0.3) is 0 Å². The fourth-order valence-electron chi connectivity index (χ4n) is 1.84. The summed E-state index contributed by atoms with van der Waals surface area (Å²) in [5, 5.41) is 0.437. The molecule has 0 aromatic heterocycles. The van der Waals surface area contributed by atoms with Gasteiger partial charge in [-0.05, 0) is 31.0 Å². The van der Waals surface area contributed by atoms with Crippen LogP contribution >= 0.6 is 11.6 Å². The molecule has 0 unspecified atom stereocenters. The topological polar surface area (TPSA) is 64.6 Å². The van der Waals surface area contributed by atoms with Gasteiger partial charge in [0.25, 0.3) is 0 Å². The van der Waals surface area contributed by atoms with E-state index < -0.39 is 10.0 Å². The quantitative estimate of drug-likeness (QED) is 0.902. The van der Waals surface area contributed by atoms with E-state index in [1.807, 2.05) is 6.92 Å². The first-order chi connectivity index (χ1) is 9.49. The molecule has 1 aromatic carbocycles. The maximum Gasteiger partial charge on any atom is 0.240 e. The molecule has 0 radical (unpaired) electrons. The third-order valence-corrected chi connectivity index (χ3v) is 4.89. The van der Waals surface area contributed by atoms with Gasteiger partial charge in [-0.25, -0.2) is 13.1 Å². The van der Waals surface area contributed by atoms with Gasteiger partial charge in [-0.3, -0.25) is 0 Å². The van der Waals surface area contributed by atoms with Crippen LogP contribution < -0.4 is 4.72 Å². The van der Waals surface area contributed by atoms with E-state index in [-0.39, 0.29) is 17.7 Å². The lowest BCUT2D eigenvalue weighted by molar-refractivity contribution is -0.180. The number of nitrogens with one attached hydrogen (secondary N) is 1. The van der Waals surface area contributed by atoms with Crippen LogP contribution in [0.4, 0.5) is 0 Å². The van der Waals surface area contributed by atoms with Gasteiger partial charge in [0.15, 0.2) is 6.29 Å². The smallest absolute Gasteiger partial charge is 0.240 e. The molecule has 1 saturated heterocycles. The Morgan fingerprint density at radius 1 is 1.35 bits per heavy atom. The lowest BCUT2D eigenvalue weighted by Crippen LogP contribution is -2.31. The molecular weight excluding hydrogens is 302 g/mol. The lowest BCUT2D eigenvalue weighted by atomic mass is 10.2. The zero-order valence-corrected chi connectivity index (χ0v) is 12.8. The molecule has 0 saturated carbocycles. The Hall–Kier alpha value is -0.660. The lowest BCUT2D eigenvalue weighted by Gasteiger charge is -2.23. The monoisotopic (exact) mass is 319 g/mol. The molecule has 0 aliphatic carbocycles. The first-order valence-electron chi connectivity index (χ1n) is 6.48. The fraction of sp³-hybridized carbons (Fsp3) is 0.538. The van der Waals surface area contributed by atoms with Gasteiger partial charge in [0.2, 0.25) is 10.0 Å². The zero-order valence-electron chi connectivity index (χ0n) is 11.3. The Balaban J connectivity index is 1.91. The van der Waals surface area contributed by atoms with Crippen molar-refractivity contribution in [3.05, 3.63) is 28.8 Å². The van der Waals surface area contributed by atoms with E-state index in [9.17, 15) is 8.42 Å². The van der Waals surface area contributed by atoms with Crippen LogP contribution in [0.5, 0.6) is 0 Å². The maximum absolute atomic E-state index is 12.1. The number of sulfonamides is 1. The maximum atomic E-state index is 12.1. The van der Waals surface area contributed by atoms with Gasteiger partial charge in [0, 0.05) is 18.0 Å². The largest absolute Gasteiger partial charge is 0.353 e. The van der Waals surface area contributed by atoms with Crippen molar-refractivity contribution >= 4 is 21.6 Å². The van der Waals surface area contributed by atoms with Crippen molar-refractivity contribution in [2.45, 2.75) is 31.0 Å². The molecule has 1 aliphatic rings. The summed E-state index contributed by atoms with van der Waals surface area (Å²) in [4.78, 5) is 0.165. The highest BCUT2D eigenvalue weighted by molar-refractivity contribution is 7.89. The van der Waals surface area contributed by atoms with Gasteiger partial charge in [0.1, 0.15) is 0 Å². The fourth-order valence-corrected chi connectivity index (χ4v) is 3.16. The van der Waals surface area contributed by atoms with E-state index >= 15 is 0 Å². The molecule has 1 heterocycles. The van der Waals surface area contributed by atoms with E-state index in [4.69, 9.17) is 21.1 Å². The highest BCUT2D eigenvalue weighted by Gasteiger charge is 2.18. The zero-order chi connectivity index (χ0) is 14.6. The van der Waals surface area contributed by atoms with Crippen LogP contribution in [0.15, 0.2) is 23.1 Å². The standard InChI is InChI=1S/C13H18ClNO4S/c1-10-3-4-11(9-12(10)14)20(16,17)15-6-5-13-18-7-2-8-19-13/h3-4,9,13,15H,2,5-8H2,1H3. The molecule has 0 bridgehead atoms. The Kier molecular flexibility index (Phi) is 5.40. The molecule has 112 valence electrons. The Morgan fingerprint density at radius 2 is 2.05 bits per heavy atom. The van der Waals surface area contributed by atoms with Crippen molar-refractivity contribution in [2.24, 2.45) is 0 Å². The predicted molar refractivity (Wildman–Crippen MR) is 76.3 cm³/mol. The van der Waals surface area contributed by atoms with Crippen LogP contribution in [0.2, 0.25) is 5.02 Å². The van der Waals surface area contributed by atoms with E-state index in [1.54, 1.807) is 6.07 Å². The molecule has 20 heavy (non-hydrogen) atoms. The number of benzene rings is 1. The summed E-state index contributed by atoms with van der Waals surface area (Å²) in [5.74, 6) is 0. The molecule has 0 atom stereocenters. The summed E-state index contributed by atoms with van der Waals surface area (Å²) in [6.45, 7) is 3.40. The summed E-state index contributed by atoms with van der Waals surface area (Å²) >= 11 is 5.94. The van der Waals surface area contributed by atoms with E-state index in [0.29, 0.717) is 24.7 Å². The average molecular weight is 320 g/mol. The minimum Gasteiger partial charge on any atom is -0.353 e. The summed E-state index contributed by atoms with van der Waals surface area (Å²) < 4.78 is 37.4. The van der Waals surface area contributed by atoms with Crippen LogP contribution in [-0.4, -0.2) is 34.5 Å². The van der Waals surface area contributed by atoms with Gasteiger partial charge in [-0.15, -0.1) is 0 Å². The summed E-state index contributed by atoms with van der Waals surface area (Å²) in [6, 6.07) is 4.67. The van der Waals surface area contributed by atoms with Crippen molar-refractivity contribution in [1.82, 2.24) is 4.72 Å². The van der Waals surface area contributed by atoms with Crippen LogP contribution in [0.3, 0.4) is 0 Å². The van der Waals surface area contributed by atoms with Crippen LogP contribution in [-0.2, 0) is 19.5 Å². The van der Waals surface area contributed by atoms with Gasteiger partial charge in [0.05, 0.1) is 18.1 Å². The molecule has 1 aliphatic heterocycles. The molecule has 1 fully saturated rings. The number of aryl methyl sites for hydroxylation is 1. The number of hydrogen-bond acceptors (Lipinski definition) is 4. The minimum atomic E-state index is -3.55. The van der Waals surface area contributed by atoms with Crippen molar-refractivity contribution in [3.63, 3.8) is 0 Å². The van der Waals surface area contributed by atoms with Crippen molar-refractivity contribution in [1.29, 1.82) is 0 Å². The van der Waals surface area contributed by atoms with Gasteiger partial charge in [-0.2, -0.15) is 0 Å². The number of hydrogen-bond donors (Lipinski definition) is 1. The minimum absolute atomic E-state index is 0.165. The second-order valence-corrected chi connectivity index (χ2v) is 6.80.